The van der Waals surface area contributed by atoms with Gasteiger partial charge in [-0.3, -0.25) is 4.55 Å². The summed E-state index contributed by atoms with van der Waals surface area (Å²) in [6.07, 6.45) is 0. The number of nitrogens with zero attached hydrogens (tertiary/aromatic N) is 1. The first-order valence-corrected chi connectivity index (χ1v) is 5.49. The molecule has 7 heteroatoms. The molecule has 0 atom stereocenters. The van der Waals surface area contributed by atoms with Gasteiger partial charge in [0, 0.05) is 11.5 Å². The van der Waals surface area contributed by atoms with Gasteiger partial charge in [-0.25, -0.2) is 4.98 Å². The summed E-state index contributed by atoms with van der Waals surface area (Å²) < 4.78 is 30.9. The second-order valence-corrected chi connectivity index (χ2v) is 4.36. The van der Waals surface area contributed by atoms with Crippen molar-refractivity contribution >= 4 is 21.0 Å². The van der Waals surface area contributed by atoms with Crippen LogP contribution in [0.3, 0.4) is 0 Å². The Morgan fingerprint density at radius 3 is 2.44 bits per heavy atom. The van der Waals surface area contributed by atoms with Crippen molar-refractivity contribution in [1.29, 1.82) is 0 Å². The lowest BCUT2D eigenvalue weighted by atomic mass is 10.2. The highest BCUT2D eigenvalue weighted by Crippen LogP contribution is 2.23. The summed E-state index contributed by atoms with van der Waals surface area (Å²) in [7, 11) is -4.26. The van der Waals surface area contributed by atoms with E-state index in [1.54, 1.807) is 6.07 Å². The van der Waals surface area contributed by atoms with Gasteiger partial charge in [0.2, 0.25) is 5.88 Å². The number of benzene rings is 1. The van der Waals surface area contributed by atoms with Crippen molar-refractivity contribution in [3.8, 4) is 5.88 Å². The van der Waals surface area contributed by atoms with Gasteiger partial charge < -0.3 is 10.6 Å². The van der Waals surface area contributed by atoms with Gasteiger partial charge in [-0.2, -0.15) is 8.42 Å². The average Bonchev–Trinajstić information content (AvgIpc) is 2.15. The zero-order chi connectivity index (χ0) is 11.1. The first-order valence-electron chi connectivity index (χ1n) is 4.05. The maximum absolute atomic E-state index is 11.0. The molecule has 0 aliphatic rings. The van der Waals surface area contributed by atoms with E-state index in [1.165, 1.54) is 24.3 Å². The molecule has 0 saturated heterocycles. The lowest BCUT2D eigenvalue weighted by Gasteiger charge is -2.02. The van der Waals surface area contributed by atoms with Crippen LogP contribution in [-0.2, 0) is 10.1 Å². The molecule has 1 heterocycles. The van der Waals surface area contributed by atoms with Crippen LogP contribution in [0, 0.1) is 0 Å². The molecule has 1 aromatic heterocycles. The Morgan fingerprint density at radius 1 is 1.12 bits per heavy atom. The maximum Gasteiger partial charge on any atom is 0.295 e. The van der Waals surface area contributed by atoms with E-state index in [1.807, 2.05) is 0 Å². The minimum atomic E-state index is -4.26. The summed E-state index contributed by atoms with van der Waals surface area (Å²) in [5.74, 6) is -0.199. The van der Waals surface area contributed by atoms with Gasteiger partial charge in [0.05, 0.1) is 5.52 Å². The second kappa shape index (κ2) is 4.05. The van der Waals surface area contributed by atoms with Crippen molar-refractivity contribution in [2.75, 3.05) is 0 Å². The molecule has 0 aliphatic heterocycles. The third-order valence-electron chi connectivity index (χ3n) is 1.96. The van der Waals surface area contributed by atoms with Gasteiger partial charge >= 0.3 is 0 Å². The fourth-order valence-electron chi connectivity index (χ4n) is 1.34. The highest BCUT2D eigenvalue weighted by molar-refractivity contribution is 7.86. The lowest BCUT2D eigenvalue weighted by Crippen LogP contribution is -1.99. The summed E-state index contributed by atoms with van der Waals surface area (Å²) in [6.45, 7) is 0. The number of aromatic hydroxyl groups is 1. The molecule has 1 aromatic carbocycles. The summed E-state index contributed by atoms with van der Waals surface area (Å²) in [5, 5.41) is 9.38. The van der Waals surface area contributed by atoms with E-state index in [0.29, 0.717) is 5.52 Å². The van der Waals surface area contributed by atoms with E-state index in [-0.39, 0.29) is 21.6 Å². The second-order valence-electron chi connectivity index (χ2n) is 2.97. The van der Waals surface area contributed by atoms with Crippen LogP contribution in [0.1, 0.15) is 0 Å². The largest absolute Gasteiger partial charge is 0.493 e. The Balaban J connectivity index is 0.00000128. The van der Waals surface area contributed by atoms with E-state index < -0.39 is 10.1 Å². The molecule has 16 heavy (non-hydrogen) atoms. The molecular weight excluding hydrogens is 234 g/mol. The number of fused-ring (bicyclic) bond motifs is 1. The van der Waals surface area contributed by atoms with Crippen molar-refractivity contribution in [2.24, 2.45) is 0 Å². The third kappa shape index (κ3) is 2.11. The van der Waals surface area contributed by atoms with Crippen LogP contribution in [0.15, 0.2) is 35.2 Å². The molecule has 0 unspecified atom stereocenters. The first-order chi connectivity index (χ1) is 6.98. The van der Waals surface area contributed by atoms with E-state index in [4.69, 9.17) is 9.66 Å². The lowest BCUT2D eigenvalue weighted by molar-refractivity contribution is 0.455. The van der Waals surface area contributed by atoms with Gasteiger partial charge in [0.25, 0.3) is 10.1 Å². The van der Waals surface area contributed by atoms with Crippen molar-refractivity contribution in [3.63, 3.8) is 0 Å². The predicted molar refractivity (Wildman–Crippen MR) is 56.8 cm³/mol. The number of rotatable bonds is 1. The molecule has 2 aromatic rings. The standard InChI is InChI=1S/C9H7NO4S.H2O/c11-9-5-4-6-7(10-9)2-1-3-8(6)15(12,13)14;/h1-5H,(H,10,11)(H,12,13,14);1H2. The van der Waals surface area contributed by atoms with Gasteiger partial charge in [0.1, 0.15) is 4.90 Å². The number of aromatic nitrogens is 1. The van der Waals surface area contributed by atoms with Crippen LogP contribution in [0.2, 0.25) is 0 Å². The molecule has 0 amide bonds. The normalized spacial score (nSPS) is 11.1. The topological polar surface area (TPSA) is 119 Å². The molecular formula is C9H9NO5S. The molecule has 0 aliphatic carbocycles. The van der Waals surface area contributed by atoms with Crippen LogP contribution in [0.5, 0.6) is 5.88 Å². The van der Waals surface area contributed by atoms with Gasteiger partial charge in [-0.1, -0.05) is 6.07 Å². The van der Waals surface area contributed by atoms with Crippen LogP contribution >= 0.6 is 0 Å². The quantitative estimate of drug-likeness (QED) is 0.701. The van der Waals surface area contributed by atoms with Gasteiger partial charge in [-0.15, -0.1) is 0 Å². The maximum atomic E-state index is 11.0. The van der Waals surface area contributed by atoms with E-state index in [0.717, 1.165) is 0 Å². The van der Waals surface area contributed by atoms with Crippen LogP contribution in [0.25, 0.3) is 10.9 Å². The van der Waals surface area contributed by atoms with Crippen LogP contribution < -0.4 is 0 Å². The van der Waals surface area contributed by atoms with Crippen LogP contribution in [0.4, 0.5) is 0 Å². The summed E-state index contributed by atoms with van der Waals surface area (Å²) >= 11 is 0. The van der Waals surface area contributed by atoms with E-state index in [2.05, 4.69) is 4.98 Å². The molecule has 0 bridgehead atoms. The van der Waals surface area contributed by atoms with Gasteiger partial charge in [0.15, 0.2) is 0 Å². The Kier molecular flexibility index (Phi) is 3.13. The average molecular weight is 243 g/mol. The van der Waals surface area contributed by atoms with E-state index in [9.17, 15) is 8.42 Å². The minimum Gasteiger partial charge on any atom is -0.493 e. The third-order valence-corrected chi connectivity index (χ3v) is 2.87. The molecule has 0 spiro atoms. The molecule has 0 saturated carbocycles. The number of pyridine rings is 1. The minimum absolute atomic E-state index is 0. The summed E-state index contributed by atoms with van der Waals surface area (Å²) in [5.41, 5.74) is 0.310. The molecule has 86 valence electrons. The smallest absolute Gasteiger partial charge is 0.295 e. The number of hydrogen-bond donors (Lipinski definition) is 2. The van der Waals surface area contributed by atoms with Crippen molar-refractivity contribution in [3.05, 3.63) is 30.3 Å². The fourth-order valence-corrected chi connectivity index (χ4v) is 2.04. The molecule has 2 rings (SSSR count). The molecule has 4 N–H and O–H groups in total. The Morgan fingerprint density at radius 2 is 1.81 bits per heavy atom. The first kappa shape index (κ1) is 12.4. The Labute approximate surface area is 91.2 Å². The highest BCUT2D eigenvalue weighted by Gasteiger charge is 2.13. The van der Waals surface area contributed by atoms with Crippen molar-refractivity contribution < 1.29 is 23.6 Å². The van der Waals surface area contributed by atoms with Crippen molar-refractivity contribution in [2.45, 2.75) is 4.90 Å². The number of hydrogen-bond acceptors (Lipinski definition) is 4. The Bertz CT molecular complexity index is 623. The summed E-state index contributed by atoms with van der Waals surface area (Å²) in [4.78, 5) is 3.51. The summed E-state index contributed by atoms with van der Waals surface area (Å²) in [6, 6.07) is 6.91. The van der Waals surface area contributed by atoms with Crippen LogP contribution in [-0.4, -0.2) is 28.5 Å². The molecule has 6 nitrogen and oxygen atoms in total. The monoisotopic (exact) mass is 243 g/mol. The predicted octanol–water partition coefficient (Wildman–Crippen LogP) is 0.362. The fraction of sp³-hybridized carbons (Fsp3) is 0. The zero-order valence-corrected chi connectivity index (χ0v) is 8.77. The van der Waals surface area contributed by atoms with Crippen molar-refractivity contribution in [1.82, 2.24) is 4.98 Å². The van der Waals surface area contributed by atoms with E-state index >= 15 is 0 Å². The highest BCUT2D eigenvalue weighted by atomic mass is 32.2. The SMILES string of the molecule is O.O=S(=O)(O)c1cccc2nc(O)ccc12. The Hall–Kier alpha value is -1.70. The van der Waals surface area contributed by atoms with Gasteiger partial charge in [-0.05, 0) is 18.2 Å². The molecule has 0 radical (unpaired) electrons. The molecule has 0 fully saturated rings. The zero-order valence-electron chi connectivity index (χ0n) is 7.95.